The van der Waals surface area contributed by atoms with Gasteiger partial charge in [-0.2, -0.15) is 0 Å². The number of nitrogens with one attached hydrogen (secondary N) is 1. The van der Waals surface area contributed by atoms with Crippen molar-refractivity contribution < 1.29 is 0 Å². The minimum absolute atomic E-state index is 0. The van der Waals surface area contributed by atoms with E-state index in [2.05, 4.69) is 31.0 Å². The third-order valence-corrected chi connectivity index (χ3v) is 2.83. The number of likely N-dealkylation sites (tertiary alicyclic amines) is 1. The van der Waals surface area contributed by atoms with Gasteiger partial charge in [0.25, 0.3) is 0 Å². The van der Waals surface area contributed by atoms with E-state index in [0.29, 0.717) is 12.1 Å². The molecule has 0 aromatic rings. The summed E-state index contributed by atoms with van der Waals surface area (Å²) in [6.07, 6.45) is 3.71. The van der Waals surface area contributed by atoms with Gasteiger partial charge < -0.3 is 10.6 Å². The van der Waals surface area contributed by atoms with Crippen molar-refractivity contribution in [2.24, 2.45) is 0 Å². The standard InChI is InChI=1S/C12H26N3.Rf/c1-4-7-13-10-15-8-5-12(6-9-15)14-11(2)3;/h11-13H,4-10H2,1-3H3;/q-1;. The van der Waals surface area contributed by atoms with Crippen LogP contribution in [0.25, 0.3) is 5.32 Å². The van der Waals surface area contributed by atoms with Crippen LogP contribution in [0.4, 0.5) is 0 Å². The maximum absolute atomic E-state index is 4.72. The van der Waals surface area contributed by atoms with Gasteiger partial charge >= 0.3 is 0 Å². The fourth-order valence-corrected chi connectivity index (χ4v) is 2.06. The summed E-state index contributed by atoms with van der Waals surface area (Å²) in [5.41, 5.74) is 0. The molecule has 0 atom stereocenters. The fourth-order valence-electron chi connectivity index (χ4n) is 2.06. The second-order valence-electron chi connectivity index (χ2n) is 4.75. The van der Waals surface area contributed by atoms with Gasteiger partial charge in [0.15, 0.2) is 0 Å². The Hall–Kier alpha value is -1.12. The first-order valence-corrected chi connectivity index (χ1v) is 6.35. The third-order valence-electron chi connectivity index (χ3n) is 2.83. The summed E-state index contributed by atoms with van der Waals surface area (Å²) >= 11 is 0. The van der Waals surface area contributed by atoms with Crippen LogP contribution in [0.5, 0.6) is 0 Å². The van der Waals surface area contributed by atoms with Crippen LogP contribution in [0.3, 0.4) is 0 Å². The largest absolute Gasteiger partial charge is 0.657 e. The van der Waals surface area contributed by atoms with Crippen molar-refractivity contribution in [2.45, 2.75) is 52.1 Å². The molecule has 1 aliphatic heterocycles. The summed E-state index contributed by atoms with van der Waals surface area (Å²) in [5, 5.41) is 8.18. The summed E-state index contributed by atoms with van der Waals surface area (Å²) in [7, 11) is 0. The summed E-state index contributed by atoms with van der Waals surface area (Å²) in [5.74, 6) is 0. The van der Waals surface area contributed by atoms with Crippen LogP contribution in [-0.2, 0) is 0 Å². The summed E-state index contributed by atoms with van der Waals surface area (Å²) in [6, 6.07) is 1.12. The van der Waals surface area contributed by atoms with Crippen molar-refractivity contribution in [1.82, 2.24) is 10.2 Å². The second kappa shape index (κ2) is 8.08. The molecule has 0 spiro atoms. The van der Waals surface area contributed by atoms with E-state index in [1.807, 2.05) is 0 Å². The molecule has 0 amide bonds. The molecule has 0 aromatic carbocycles. The number of hydrogen-bond acceptors (Lipinski definition) is 2. The van der Waals surface area contributed by atoms with Gasteiger partial charge in [-0.1, -0.05) is 33.6 Å². The average molecular weight is 479 g/mol. The van der Waals surface area contributed by atoms with Gasteiger partial charge in [-0.25, -0.2) is 0 Å². The van der Waals surface area contributed by atoms with Gasteiger partial charge in [0.1, 0.15) is 0 Å². The van der Waals surface area contributed by atoms with E-state index in [4.69, 9.17) is 5.32 Å². The molecule has 16 heavy (non-hydrogen) atoms. The molecule has 3 nitrogen and oxygen atoms in total. The van der Waals surface area contributed by atoms with Gasteiger partial charge in [0, 0.05) is 6.67 Å². The van der Waals surface area contributed by atoms with Gasteiger partial charge in [0.2, 0.25) is 0 Å². The first-order valence-electron chi connectivity index (χ1n) is 6.35. The Morgan fingerprint density at radius 1 is 1.31 bits per heavy atom. The van der Waals surface area contributed by atoms with Crippen molar-refractivity contribution in [2.75, 3.05) is 26.3 Å². The molecule has 92 valence electrons. The Morgan fingerprint density at radius 3 is 2.44 bits per heavy atom. The molecular weight excluding hydrogens is 453 g/mol. The molecule has 0 radical (unpaired) electrons. The summed E-state index contributed by atoms with van der Waals surface area (Å²) in [4.78, 5) is 2.50. The zero-order chi connectivity index (χ0) is 11.1. The van der Waals surface area contributed by atoms with Crippen LogP contribution in [0.2, 0.25) is 0 Å². The average Bonchev–Trinajstić information content (AvgIpc) is 2.20. The van der Waals surface area contributed by atoms with Gasteiger partial charge in [-0.3, -0.25) is 4.90 Å². The second-order valence-corrected chi connectivity index (χ2v) is 4.75. The fraction of sp³-hybridized carbons (Fsp3) is 1.00. The molecule has 1 N–H and O–H groups in total. The zero-order valence-corrected chi connectivity index (χ0v) is 17.6. The minimum Gasteiger partial charge on any atom is -0.657 e. The predicted molar refractivity (Wildman–Crippen MR) is 66.3 cm³/mol. The van der Waals surface area contributed by atoms with Crippen LogP contribution in [-0.4, -0.2) is 43.3 Å². The van der Waals surface area contributed by atoms with E-state index in [1.54, 1.807) is 0 Å². The third kappa shape index (κ3) is 5.69. The van der Waals surface area contributed by atoms with Crippen LogP contribution in [0.1, 0.15) is 40.0 Å². The maximum atomic E-state index is 4.72. The molecule has 0 unspecified atom stereocenters. The quantitative estimate of drug-likeness (QED) is 0.593. The number of nitrogens with zero attached hydrogens (tertiary/aromatic N) is 2. The van der Waals surface area contributed by atoms with Crippen molar-refractivity contribution in [3.05, 3.63) is 5.32 Å². The SMILES string of the molecule is CCCNCN1CCC([N-]C(C)C)CC1.[Rf]. The van der Waals surface area contributed by atoms with Crippen molar-refractivity contribution in [3.63, 3.8) is 0 Å². The van der Waals surface area contributed by atoms with Gasteiger partial charge in [-0.05, 0) is 26.1 Å². The van der Waals surface area contributed by atoms with Crippen LogP contribution < -0.4 is 5.32 Å². The molecule has 1 fully saturated rings. The molecule has 1 heterocycles. The predicted octanol–water partition coefficient (Wildman–Crippen LogP) is 2.19. The van der Waals surface area contributed by atoms with E-state index in [-0.39, 0.29) is 0 Å². The molecule has 1 aliphatic rings. The van der Waals surface area contributed by atoms with E-state index in [0.717, 1.165) is 13.2 Å². The van der Waals surface area contributed by atoms with Crippen LogP contribution >= 0.6 is 0 Å². The maximum Gasteiger partial charge on any atom is 0.0480 e. The molecule has 0 saturated carbocycles. The molecule has 1 saturated heterocycles. The number of hydrogen-bond donors (Lipinski definition) is 1. The van der Waals surface area contributed by atoms with Gasteiger partial charge in [-0.15, -0.1) is 12.1 Å². The Kier molecular flexibility index (Phi) is 7.52. The van der Waals surface area contributed by atoms with E-state index in [9.17, 15) is 0 Å². The number of rotatable bonds is 6. The minimum atomic E-state index is 0. The van der Waals surface area contributed by atoms with Crippen LogP contribution in [0.15, 0.2) is 0 Å². The topological polar surface area (TPSA) is 29.4 Å². The Labute approximate surface area is 94.6 Å². The molecule has 0 aliphatic carbocycles. The van der Waals surface area contributed by atoms with E-state index in [1.165, 1.54) is 32.4 Å². The normalized spacial score (nSPS) is 18.8. The first-order chi connectivity index (χ1) is 7.22. The molecule has 1 rings (SSSR count). The summed E-state index contributed by atoms with van der Waals surface area (Å²) < 4.78 is 0. The Balaban J connectivity index is 0.00000225. The van der Waals surface area contributed by atoms with Gasteiger partial charge in [0.05, 0.1) is 0 Å². The zero-order valence-electron chi connectivity index (χ0n) is 11.2. The molecular formula is C12H26N3Rf-. The van der Waals surface area contributed by atoms with Crippen molar-refractivity contribution in [3.8, 4) is 0 Å². The smallest absolute Gasteiger partial charge is 0.0480 e. The molecule has 0 bridgehead atoms. The van der Waals surface area contributed by atoms with Crippen molar-refractivity contribution >= 4 is 0 Å². The molecule has 4 heteroatoms. The molecule has 0 aromatic heterocycles. The van der Waals surface area contributed by atoms with Crippen LogP contribution in [0, 0.1) is 0 Å². The number of piperidine rings is 1. The Bertz CT molecular complexity index is 156. The Morgan fingerprint density at radius 2 is 1.94 bits per heavy atom. The van der Waals surface area contributed by atoms with E-state index < -0.39 is 0 Å². The van der Waals surface area contributed by atoms with Crippen molar-refractivity contribution in [1.29, 1.82) is 0 Å². The van der Waals surface area contributed by atoms with E-state index >= 15 is 0 Å². The summed E-state index contributed by atoms with van der Waals surface area (Å²) in [6.45, 7) is 11.2. The monoisotopic (exact) mass is 479 g/mol. The first kappa shape index (κ1) is 14.9.